The molecule has 0 aromatic heterocycles. The van der Waals surface area contributed by atoms with E-state index < -0.39 is 5.97 Å². The first-order valence-electron chi connectivity index (χ1n) is 7.29. The summed E-state index contributed by atoms with van der Waals surface area (Å²) in [5, 5.41) is 8.88. The van der Waals surface area contributed by atoms with E-state index in [1.54, 1.807) is 0 Å². The van der Waals surface area contributed by atoms with Crippen LogP contribution in [-0.4, -0.2) is 35.0 Å². The minimum Gasteiger partial charge on any atom is -0.481 e. The molecular formula is C15H27NO3. The normalized spacial score (nSPS) is 22.1. The fourth-order valence-corrected chi connectivity index (χ4v) is 2.68. The summed E-state index contributed by atoms with van der Waals surface area (Å²) in [6.45, 7) is 9.53. The van der Waals surface area contributed by atoms with E-state index in [-0.39, 0.29) is 23.7 Å². The summed E-state index contributed by atoms with van der Waals surface area (Å²) >= 11 is 0. The summed E-state index contributed by atoms with van der Waals surface area (Å²) in [6, 6.07) is 0. The predicted octanol–water partition coefficient (Wildman–Crippen LogP) is 2.77. The molecule has 1 N–H and O–H groups in total. The third kappa shape index (κ3) is 4.22. The van der Waals surface area contributed by atoms with Crippen LogP contribution in [0.4, 0.5) is 0 Å². The highest BCUT2D eigenvalue weighted by Gasteiger charge is 2.34. The highest BCUT2D eigenvalue weighted by Crippen LogP contribution is 2.30. The standard InChI is InChI=1S/C15H27NO3/c1-5-15(3,4)14(19)16-8-6-7-12(10-16)11(2)9-13(17)18/h11-12H,5-10H2,1-4H3,(H,17,18). The summed E-state index contributed by atoms with van der Waals surface area (Å²) in [5.74, 6) is -0.0774. The van der Waals surface area contributed by atoms with Gasteiger partial charge in [0.05, 0.1) is 0 Å². The number of aliphatic carboxylic acids is 1. The van der Waals surface area contributed by atoms with Gasteiger partial charge in [-0.2, -0.15) is 0 Å². The van der Waals surface area contributed by atoms with Crippen LogP contribution in [0.1, 0.15) is 53.4 Å². The Labute approximate surface area is 116 Å². The van der Waals surface area contributed by atoms with E-state index in [1.807, 2.05) is 32.6 Å². The molecule has 0 saturated carbocycles. The van der Waals surface area contributed by atoms with Gasteiger partial charge in [0.25, 0.3) is 0 Å². The first-order chi connectivity index (χ1) is 8.77. The molecule has 0 aromatic rings. The van der Waals surface area contributed by atoms with Crippen LogP contribution in [0.5, 0.6) is 0 Å². The second-order valence-electron chi connectivity index (χ2n) is 6.47. The van der Waals surface area contributed by atoms with Crippen molar-refractivity contribution < 1.29 is 14.7 Å². The molecule has 1 amide bonds. The van der Waals surface area contributed by atoms with Crippen molar-refractivity contribution in [3.05, 3.63) is 0 Å². The molecule has 2 unspecified atom stereocenters. The van der Waals surface area contributed by atoms with Crippen molar-refractivity contribution in [2.45, 2.75) is 53.4 Å². The number of piperidine rings is 1. The Morgan fingerprint density at radius 2 is 2.05 bits per heavy atom. The third-order valence-corrected chi connectivity index (χ3v) is 4.51. The van der Waals surface area contributed by atoms with Gasteiger partial charge in [0.15, 0.2) is 0 Å². The fourth-order valence-electron chi connectivity index (χ4n) is 2.68. The predicted molar refractivity (Wildman–Crippen MR) is 74.8 cm³/mol. The lowest BCUT2D eigenvalue weighted by molar-refractivity contribution is -0.143. The number of nitrogens with zero attached hydrogens (tertiary/aromatic N) is 1. The van der Waals surface area contributed by atoms with Crippen LogP contribution in [0, 0.1) is 17.3 Å². The number of carboxylic acid groups (broad SMARTS) is 1. The van der Waals surface area contributed by atoms with E-state index >= 15 is 0 Å². The topological polar surface area (TPSA) is 57.6 Å². The number of likely N-dealkylation sites (tertiary alicyclic amines) is 1. The lowest BCUT2D eigenvalue weighted by atomic mass is 9.82. The number of amides is 1. The quantitative estimate of drug-likeness (QED) is 0.835. The lowest BCUT2D eigenvalue weighted by Crippen LogP contribution is -2.47. The third-order valence-electron chi connectivity index (χ3n) is 4.51. The first kappa shape index (κ1) is 16.0. The largest absolute Gasteiger partial charge is 0.481 e. The van der Waals surface area contributed by atoms with Gasteiger partial charge in [0.1, 0.15) is 0 Å². The average molecular weight is 269 g/mol. The Balaban J connectivity index is 2.64. The van der Waals surface area contributed by atoms with Crippen LogP contribution >= 0.6 is 0 Å². The van der Waals surface area contributed by atoms with Gasteiger partial charge >= 0.3 is 5.97 Å². The van der Waals surface area contributed by atoms with E-state index in [0.29, 0.717) is 5.92 Å². The van der Waals surface area contributed by atoms with Gasteiger partial charge in [-0.05, 0) is 31.1 Å². The number of hydrogen-bond acceptors (Lipinski definition) is 2. The number of carboxylic acids is 1. The van der Waals surface area contributed by atoms with Crippen molar-refractivity contribution in [2.75, 3.05) is 13.1 Å². The second-order valence-corrected chi connectivity index (χ2v) is 6.47. The van der Waals surface area contributed by atoms with E-state index in [0.717, 1.165) is 32.4 Å². The fraction of sp³-hybridized carbons (Fsp3) is 0.867. The number of carbonyl (C=O) groups is 2. The van der Waals surface area contributed by atoms with Gasteiger partial charge < -0.3 is 10.0 Å². The highest BCUT2D eigenvalue weighted by atomic mass is 16.4. The van der Waals surface area contributed by atoms with Crippen LogP contribution in [0.3, 0.4) is 0 Å². The Bertz CT molecular complexity index is 338. The Morgan fingerprint density at radius 1 is 1.42 bits per heavy atom. The molecule has 0 bridgehead atoms. The Morgan fingerprint density at radius 3 is 2.58 bits per heavy atom. The first-order valence-corrected chi connectivity index (χ1v) is 7.29. The van der Waals surface area contributed by atoms with E-state index in [4.69, 9.17) is 5.11 Å². The molecule has 1 rings (SSSR count). The molecule has 4 nitrogen and oxygen atoms in total. The minimum atomic E-state index is -0.746. The van der Waals surface area contributed by atoms with Crippen LogP contribution in [0.15, 0.2) is 0 Å². The van der Waals surface area contributed by atoms with Gasteiger partial charge in [-0.3, -0.25) is 9.59 Å². The van der Waals surface area contributed by atoms with Crippen LogP contribution in [0.25, 0.3) is 0 Å². The summed E-state index contributed by atoms with van der Waals surface area (Å²) in [4.78, 5) is 25.2. The van der Waals surface area contributed by atoms with Crippen molar-refractivity contribution in [1.29, 1.82) is 0 Å². The summed E-state index contributed by atoms with van der Waals surface area (Å²) in [5.41, 5.74) is -0.308. The Hall–Kier alpha value is -1.06. The molecule has 4 heteroatoms. The molecule has 1 fully saturated rings. The van der Waals surface area contributed by atoms with Crippen molar-refractivity contribution in [3.63, 3.8) is 0 Å². The van der Waals surface area contributed by atoms with Gasteiger partial charge in [0, 0.05) is 24.9 Å². The molecule has 1 aliphatic heterocycles. The van der Waals surface area contributed by atoms with Crippen LogP contribution < -0.4 is 0 Å². The summed E-state index contributed by atoms with van der Waals surface area (Å²) in [7, 11) is 0. The van der Waals surface area contributed by atoms with Crippen LogP contribution in [0.2, 0.25) is 0 Å². The van der Waals surface area contributed by atoms with Crippen molar-refractivity contribution >= 4 is 11.9 Å². The molecule has 2 atom stereocenters. The highest BCUT2D eigenvalue weighted by molar-refractivity contribution is 5.82. The van der Waals surface area contributed by atoms with Crippen molar-refractivity contribution in [2.24, 2.45) is 17.3 Å². The Kier molecular flexibility index (Phi) is 5.39. The molecule has 1 saturated heterocycles. The average Bonchev–Trinajstić information content (AvgIpc) is 2.37. The SMILES string of the molecule is CCC(C)(C)C(=O)N1CCCC(C(C)CC(=O)O)C1. The molecule has 19 heavy (non-hydrogen) atoms. The maximum absolute atomic E-state index is 12.5. The molecule has 1 aliphatic rings. The van der Waals surface area contributed by atoms with Crippen molar-refractivity contribution in [1.82, 2.24) is 4.90 Å². The number of hydrogen-bond donors (Lipinski definition) is 1. The van der Waals surface area contributed by atoms with E-state index in [1.165, 1.54) is 0 Å². The molecule has 110 valence electrons. The minimum absolute atomic E-state index is 0.137. The summed E-state index contributed by atoms with van der Waals surface area (Å²) < 4.78 is 0. The van der Waals surface area contributed by atoms with Gasteiger partial charge in [-0.15, -0.1) is 0 Å². The number of carbonyl (C=O) groups excluding carboxylic acids is 1. The van der Waals surface area contributed by atoms with E-state index in [9.17, 15) is 9.59 Å². The van der Waals surface area contributed by atoms with Crippen molar-refractivity contribution in [3.8, 4) is 0 Å². The molecular weight excluding hydrogens is 242 g/mol. The maximum atomic E-state index is 12.5. The van der Waals surface area contributed by atoms with Gasteiger partial charge in [-0.25, -0.2) is 0 Å². The molecule has 0 aliphatic carbocycles. The van der Waals surface area contributed by atoms with Gasteiger partial charge in [-0.1, -0.05) is 27.7 Å². The lowest BCUT2D eigenvalue weighted by Gasteiger charge is -2.39. The smallest absolute Gasteiger partial charge is 0.303 e. The maximum Gasteiger partial charge on any atom is 0.303 e. The zero-order valence-corrected chi connectivity index (χ0v) is 12.6. The second kappa shape index (κ2) is 6.40. The zero-order chi connectivity index (χ0) is 14.6. The zero-order valence-electron chi connectivity index (χ0n) is 12.6. The van der Waals surface area contributed by atoms with Gasteiger partial charge in [0.2, 0.25) is 5.91 Å². The van der Waals surface area contributed by atoms with E-state index in [2.05, 4.69) is 0 Å². The molecule has 0 radical (unpaired) electrons. The molecule has 1 heterocycles. The molecule has 0 aromatic carbocycles. The monoisotopic (exact) mass is 269 g/mol. The molecule has 0 spiro atoms. The number of rotatable bonds is 5. The summed E-state index contributed by atoms with van der Waals surface area (Å²) in [6.07, 6.45) is 3.05. The van der Waals surface area contributed by atoms with Crippen LogP contribution in [-0.2, 0) is 9.59 Å².